The van der Waals surface area contributed by atoms with E-state index in [4.69, 9.17) is 0 Å². The average molecular weight is 407 g/mol. The van der Waals surface area contributed by atoms with Crippen LogP contribution in [0.2, 0.25) is 0 Å². The lowest BCUT2D eigenvalue weighted by Gasteiger charge is -2.24. The molecule has 29 heavy (non-hydrogen) atoms. The number of carbonyl (C=O) groups excluding carboxylic acids is 1. The zero-order valence-corrected chi connectivity index (χ0v) is 16.7. The number of hydrogen-bond acceptors (Lipinski definition) is 4. The molecule has 0 radical (unpaired) electrons. The van der Waals surface area contributed by atoms with E-state index in [2.05, 4.69) is 10.5 Å². The molecule has 3 aromatic carbocycles. The Morgan fingerprint density at radius 1 is 0.931 bits per heavy atom. The van der Waals surface area contributed by atoms with Crippen LogP contribution in [0.1, 0.15) is 21.5 Å². The van der Waals surface area contributed by atoms with Crippen molar-refractivity contribution in [3.05, 3.63) is 102 Å². The first-order chi connectivity index (χ1) is 13.9. The molecule has 0 aromatic heterocycles. The van der Waals surface area contributed by atoms with Crippen LogP contribution in [0.3, 0.4) is 0 Å². The molecule has 3 aromatic rings. The van der Waals surface area contributed by atoms with Crippen LogP contribution in [0.15, 0.2) is 90.0 Å². The normalized spacial score (nSPS) is 11.3. The van der Waals surface area contributed by atoms with Gasteiger partial charge in [-0.1, -0.05) is 72.8 Å². The zero-order valence-electron chi connectivity index (χ0n) is 15.9. The van der Waals surface area contributed by atoms with Crippen LogP contribution in [0, 0.1) is 0 Å². The van der Waals surface area contributed by atoms with Gasteiger partial charge in [0.25, 0.3) is 5.91 Å². The second-order valence-corrected chi connectivity index (χ2v) is 8.29. The summed E-state index contributed by atoms with van der Waals surface area (Å²) in [4.78, 5) is 12.7. The van der Waals surface area contributed by atoms with E-state index in [9.17, 15) is 13.2 Å². The molecular weight excluding hydrogens is 386 g/mol. The Morgan fingerprint density at radius 3 is 2.17 bits per heavy atom. The molecule has 0 saturated carbocycles. The third-order valence-corrected chi connectivity index (χ3v) is 5.29. The molecule has 7 heteroatoms. The van der Waals surface area contributed by atoms with Crippen LogP contribution in [0.4, 0.5) is 5.69 Å². The maximum Gasteiger partial charge on any atom is 0.273 e. The predicted molar refractivity (Wildman–Crippen MR) is 115 cm³/mol. The highest BCUT2D eigenvalue weighted by Gasteiger charge is 2.23. The first-order valence-corrected chi connectivity index (χ1v) is 10.8. The number of nitrogens with zero attached hydrogens (tertiary/aromatic N) is 2. The summed E-state index contributed by atoms with van der Waals surface area (Å²) in [5, 5.41) is 3.97. The van der Waals surface area contributed by atoms with Crippen molar-refractivity contribution in [3.8, 4) is 0 Å². The quantitative estimate of drug-likeness (QED) is 0.481. The third-order valence-electron chi connectivity index (χ3n) is 4.17. The third kappa shape index (κ3) is 5.52. The molecule has 0 bridgehead atoms. The minimum absolute atomic E-state index is 0.122. The van der Waals surface area contributed by atoms with Gasteiger partial charge in [-0.3, -0.25) is 9.10 Å². The molecule has 0 aliphatic heterocycles. The van der Waals surface area contributed by atoms with E-state index in [0.29, 0.717) is 5.69 Å². The second-order valence-electron chi connectivity index (χ2n) is 6.38. The standard InChI is InChI=1S/C22H21N3O3S/c1-29(27,28)25(17-19-12-6-3-7-13-19)21-15-9-8-14-20(21)22(26)24-23-16-18-10-4-2-5-11-18/h2-16H,17H2,1H3,(H,24,26)/b23-16+. The highest BCUT2D eigenvalue weighted by Crippen LogP contribution is 2.25. The lowest BCUT2D eigenvalue weighted by Crippen LogP contribution is -2.32. The van der Waals surface area contributed by atoms with Crippen molar-refractivity contribution < 1.29 is 13.2 Å². The summed E-state index contributed by atoms with van der Waals surface area (Å²) >= 11 is 0. The molecule has 0 unspecified atom stereocenters. The molecule has 1 N–H and O–H groups in total. The van der Waals surface area contributed by atoms with Crippen LogP contribution >= 0.6 is 0 Å². The van der Waals surface area contributed by atoms with Crippen molar-refractivity contribution in [2.45, 2.75) is 6.54 Å². The number of amides is 1. The summed E-state index contributed by atoms with van der Waals surface area (Å²) in [6, 6.07) is 25.1. The van der Waals surface area contributed by atoms with Gasteiger partial charge in [0.05, 0.1) is 30.3 Å². The van der Waals surface area contributed by atoms with E-state index < -0.39 is 15.9 Å². The van der Waals surface area contributed by atoms with Crippen molar-refractivity contribution in [1.82, 2.24) is 5.43 Å². The Bertz CT molecular complexity index is 1100. The molecule has 0 fully saturated rings. The Kier molecular flexibility index (Phi) is 6.41. The first-order valence-electron chi connectivity index (χ1n) is 8.94. The molecule has 1 amide bonds. The van der Waals surface area contributed by atoms with Gasteiger partial charge in [-0.2, -0.15) is 5.10 Å². The molecule has 148 valence electrons. The topological polar surface area (TPSA) is 78.8 Å². The Hall–Kier alpha value is -3.45. The van der Waals surface area contributed by atoms with E-state index >= 15 is 0 Å². The van der Waals surface area contributed by atoms with Crippen molar-refractivity contribution in [2.75, 3.05) is 10.6 Å². The molecule has 0 aliphatic carbocycles. The summed E-state index contributed by atoms with van der Waals surface area (Å²) in [6.07, 6.45) is 2.65. The Balaban J connectivity index is 1.87. The molecular formula is C22H21N3O3S. The van der Waals surface area contributed by atoms with Gasteiger partial charge in [-0.25, -0.2) is 13.8 Å². The average Bonchev–Trinajstić information content (AvgIpc) is 2.73. The first kappa shape index (κ1) is 20.3. The minimum atomic E-state index is -3.62. The number of rotatable bonds is 7. The van der Waals surface area contributed by atoms with E-state index in [-0.39, 0.29) is 12.1 Å². The zero-order chi connectivity index (χ0) is 20.7. The fourth-order valence-corrected chi connectivity index (χ4v) is 3.68. The number of carbonyl (C=O) groups is 1. The number of para-hydroxylation sites is 1. The molecule has 0 heterocycles. The van der Waals surface area contributed by atoms with E-state index in [1.165, 1.54) is 10.5 Å². The minimum Gasteiger partial charge on any atom is -0.267 e. The van der Waals surface area contributed by atoms with Crippen molar-refractivity contribution in [1.29, 1.82) is 0 Å². The fourth-order valence-electron chi connectivity index (χ4n) is 2.78. The summed E-state index contributed by atoms with van der Waals surface area (Å²) in [5.41, 5.74) is 4.64. The summed E-state index contributed by atoms with van der Waals surface area (Å²) < 4.78 is 26.2. The maximum atomic E-state index is 12.7. The van der Waals surface area contributed by atoms with Crippen molar-refractivity contribution in [3.63, 3.8) is 0 Å². The lowest BCUT2D eigenvalue weighted by molar-refractivity contribution is 0.0956. The number of sulfonamides is 1. The monoisotopic (exact) mass is 407 g/mol. The van der Waals surface area contributed by atoms with Gasteiger partial charge in [0.1, 0.15) is 0 Å². The number of hydrogen-bond donors (Lipinski definition) is 1. The fraction of sp³-hybridized carbons (Fsp3) is 0.0909. The SMILES string of the molecule is CS(=O)(=O)N(Cc1ccccc1)c1ccccc1C(=O)N/N=C/c1ccccc1. The van der Waals surface area contributed by atoms with Gasteiger partial charge in [0.15, 0.2) is 0 Å². The smallest absolute Gasteiger partial charge is 0.267 e. The Labute approximate surface area is 170 Å². The highest BCUT2D eigenvalue weighted by atomic mass is 32.2. The van der Waals surface area contributed by atoms with Gasteiger partial charge < -0.3 is 0 Å². The summed E-state index contributed by atoms with van der Waals surface area (Å²) in [5.74, 6) is -0.491. The van der Waals surface area contributed by atoms with Gasteiger partial charge >= 0.3 is 0 Å². The molecule has 0 aliphatic rings. The number of hydrazone groups is 1. The van der Waals surface area contributed by atoms with Gasteiger partial charge in [0.2, 0.25) is 10.0 Å². The van der Waals surface area contributed by atoms with Crippen molar-refractivity contribution >= 4 is 27.8 Å². The van der Waals surface area contributed by atoms with Crippen LogP contribution in [0.25, 0.3) is 0 Å². The predicted octanol–water partition coefficient (Wildman–Crippen LogP) is 3.42. The summed E-state index contributed by atoms with van der Waals surface area (Å²) in [6.45, 7) is 0.122. The molecule has 0 atom stereocenters. The van der Waals surface area contributed by atoms with Crippen molar-refractivity contribution in [2.24, 2.45) is 5.10 Å². The van der Waals surface area contributed by atoms with E-state index in [1.807, 2.05) is 60.7 Å². The van der Waals surface area contributed by atoms with Crippen LogP contribution in [0.5, 0.6) is 0 Å². The summed E-state index contributed by atoms with van der Waals surface area (Å²) in [7, 11) is -3.62. The molecule has 0 saturated heterocycles. The van der Waals surface area contributed by atoms with E-state index in [0.717, 1.165) is 17.4 Å². The van der Waals surface area contributed by atoms with E-state index in [1.54, 1.807) is 24.3 Å². The highest BCUT2D eigenvalue weighted by molar-refractivity contribution is 7.92. The largest absolute Gasteiger partial charge is 0.273 e. The number of nitrogens with one attached hydrogen (secondary N) is 1. The molecule has 0 spiro atoms. The lowest BCUT2D eigenvalue weighted by atomic mass is 10.1. The maximum absolute atomic E-state index is 12.7. The van der Waals surface area contributed by atoms with Crippen LogP contribution < -0.4 is 9.73 Å². The molecule has 3 rings (SSSR count). The van der Waals surface area contributed by atoms with Gasteiger partial charge in [0, 0.05) is 0 Å². The number of anilines is 1. The number of benzene rings is 3. The van der Waals surface area contributed by atoms with Crippen LogP contribution in [-0.2, 0) is 16.6 Å². The second kappa shape index (κ2) is 9.16. The van der Waals surface area contributed by atoms with Gasteiger partial charge in [-0.05, 0) is 23.3 Å². The van der Waals surface area contributed by atoms with Crippen LogP contribution in [-0.4, -0.2) is 26.8 Å². The van der Waals surface area contributed by atoms with Gasteiger partial charge in [-0.15, -0.1) is 0 Å². The Morgan fingerprint density at radius 2 is 1.52 bits per heavy atom. The molecule has 6 nitrogen and oxygen atoms in total.